The molecule has 8 heteroatoms. The molecule has 0 aliphatic heterocycles. The van der Waals surface area contributed by atoms with E-state index in [1.165, 1.54) is 19.2 Å². The van der Waals surface area contributed by atoms with E-state index in [1.807, 2.05) is 20.8 Å². The molecule has 0 bridgehead atoms. The summed E-state index contributed by atoms with van der Waals surface area (Å²) >= 11 is 5.71. The lowest BCUT2D eigenvalue weighted by Gasteiger charge is -2.23. The predicted molar refractivity (Wildman–Crippen MR) is 83.0 cm³/mol. The molecule has 0 fully saturated rings. The monoisotopic (exact) mass is 327 g/mol. The first-order chi connectivity index (χ1) is 10.0. The average molecular weight is 328 g/mol. The van der Waals surface area contributed by atoms with E-state index in [9.17, 15) is 19.7 Å². The summed E-state index contributed by atoms with van der Waals surface area (Å²) in [4.78, 5) is 35.6. The van der Waals surface area contributed by atoms with Crippen molar-refractivity contribution in [1.29, 1.82) is 0 Å². The molecule has 0 radical (unpaired) electrons. The lowest BCUT2D eigenvalue weighted by Crippen LogP contribution is -2.46. The van der Waals surface area contributed by atoms with Crippen LogP contribution in [0.4, 0.5) is 5.69 Å². The van der Waals surface area contributed by atoms with Gasteiger partial charge in [-0.3, -0.25) is 19.7 Å². The zero-order valence-corrected chi connectivity index (χ0v) is 13.6. The van der Waals surface area contributed by atoms with Gasteiger partial charge in [-0.15, -0.1) is 0 Å². The van der Waals surface area contributed by atoms with Crippen molar-refractivity contribution in [1.82, 2.24) is 10.2 Å². The Morgan fingerprint density at radius 1 is 1.36 bits per heavy atom. The minimum Gasteiger partial charge on any atom is -0.350 e. The molecule has 0 unspecified atom stereocenters. The summed E-state index contributed by atoms with van der Waals surface area (Å²) in [6.07, 6.45) is 0. The third kappa shape index (κ3) is 5.00. The van der Waals surface area contributed by atoms with E-state index in [0.29, 0.717) is 0 Å². The van der Waals surface area contributed by atoms with Crippen molar-refractivity contribution in [3.63, 3.8) is 0 Å². The highest BCUT2D eigenvalue weighted by molar-refractivity contribution is 6.31. The van der Waals surface area contributed by atoms with Crippen molar-refractivity contribution in [2.24, 2.45) is 0 Å². The lowest BCUT2D eigenvalue weighted by molar-refractivity contribution is -0.385. The smallest absolute Gasteiger partial charge is 0.283 e. The van der Waals surface area contributed by atoms with Crippen LogP contribution in [0.3, 0.4) is 0 Å². The Kier molecular flexibility index (Phi) is 5.48. The SMILES string of the molecule is CN(CC(=O)NC(C)(C)C)C(=O)c1ccc(Cl)cc1[N+](=O)[O-]. The molecule has 1 aromatic rings. The van der Waals surface area contributed by atoms with E-state index in [4.69, 9.17) is 11.6 Å². The first kappa shape index (κ1) is 17.9. The third-order valence-electron chi connectivity index (χ3n) is 2.63. The summed E-state index contributed by atoms with van der Waals surface area (Å²) in [5.74, 6) is -0.965. The van der Waals surface area contributed by atoms with E-state index in [1.54, 1.807) is 0 Å². The number of nitro benzene ring substituents is 1. The van der Waals surface area contributed by atoms with E-state index >= 15 is 0 Å². The molecule has 0 aliphatic rings. The molecule has 1 rings (SSSR count). The number of carbonyl (C=O) groups is 2. The molecule has 0 aromatic heterocycles. The summed E-state index contributed by atoms with van der Waals surface area (Å²) in [6, 6.07) is 3.78. The molecule has 0 saturated carbocycles. The Morgan fingerprint density at radius 3 is 2.45 bits per heavy atom. The van der Waals surface area contributed by atoms with E-state index < -0.39 is 16.4 Å². The van der Waals surface area contributed by atoms with Crippen LogP contribution in [0, 0.1) is 10.1 Å². The van der Waals surface area contributed by atoms with Gasteiger partial charge in [0.15, 0.2) is 0 Å². The zero-order chi connectivity index (χ0) is 17.1. The minimum atomic E-state index is -0.678. The van der Waals surface area contributed by atoms with Gasteiger partial charge in [-0.25, -0.2) is 0 Å². The molecule has 0 aliphatic carbocycles. The van der Waals surface area contributed by atoms with Crippen molar-refractivity contribution in [2.75, 3.05) is 13.6 Å². The highest BCUT2D eigenvalue weighted by Gasteiger charge is 2.25. The normalized spacial score (nSPS) is 11.0. The molecule has 2 amide bonds. The number of nitrogens with one attached hydrogen (secondary N) is 1. The number of hydrogen-bond donors (Lipinski definition) is 1. The van der Waals surface area contributed by atoms with Crippen LogP contribution in [0.15, 0.2) is 18.2 Å². The van der Waals surface area contributed by atoms with Crippen LogP contribution >= 0.6 is 11.6 Å². The van der Waals surface area contributed by atoms with Gasteiger partial charge in [-0.2, -0.15) is 0 Å². The molecule has 22 heavy (non-hydrogen) atoms. The summed E-state index contributed by atoms with van der Waals surface area (Å²) in [5.41, 5.74) is -0.922. The van der Waals surface area contributed by atoms with Crippen molar-refractivity contribution in [3.8, 4) is 0 Å². The molecule has 0 saturated heterocycles. The predicted octanol–water partition coefficient (Wildman–Crippen LogP) is 2.23. The summed E-state index contributed by atoms with van der Waals surface area (Å²) in [7, 11) is 1.41. The number of likely N-dealkylation sites (N-methyl/N-ethyl adjacent to an activating group) is 1. The largest absolute Gasteiger partial charge is 0.350 e. The fourth-order valence-electron chi connectivity index (χ4n) is 1.79. The number of amides is 2. The molecule has 0 heterocycles. The molecular formula is C14H18ClN3O4. The van der Waals surface area contributed by atoms with Crippen molar-refractivity contribution < 1.29 is 14.5 Å². The molecule has 1 N–H and O–H groups in total. The average Bonchev–Trinajstić information content (AvgIpc) is 2.35. The van der Waals surface area contributed by atoms with E-state index in [0.717, 1.165) is 11.0 Å². The second kappa shape index (κ2) is 6.74. The highest BCUT2D eigenvalue weighted by atomic mass is 35.5. The molecule has 0 atom stereocenters. The zero-order valence-electron chi connectivity index (χ0n) is 12.8. The Morgan fingerprint density at radius 2 is 1.95 bits per heavy atom. The van der Waals surface area contributed by atoms with Crippen molar-refractivity contribution >= 4 is 29.1 Å². The maximum absolute atomic E-state index is 12.3. The van der Waals surface area contributed by atoms with Crippen LogP contribution in [0.1, 0.15) is 31.1 Å². The maximum Gasteiger partial charge on any atom is 0.283 e. The Bertz CT molecular complexity index is 611. The number of carbonyl (C=O) groups excluding carboxylic acids is 2. The molecular weight excluding hydrogens is 310 g/mol. The quantitative estimate of drug-likeness (QED) is 0.678. The fraction of sp³-hybridized carbons (Fsp3) is 0.429. The lowest BCUT2D eigenvalue weighted by atomic mass is 10.1. The number of nitrogens with zero attached hydrogens (tertiary/aromatic N) is 2. The molecule has 7 nitrogen and oxygen atoms in total. The number of halogens is 1. The Labute approximate surface area is 133 Å². The van der Waals surface area contributed by atoms with Crippen LogP contribution in [0.5, 0.6) is 0 Å². The number of hydrogen-bond acceptors (Lipinski definition) is 4. The molecule has 120 valence electrons. The second-order valence-corrected chi connectivity index (χ2v) is 6.31. The van der Waals surface area contributed by atoms with Crippen molar-refractivity contribution in [3.05, 3.63) is 38.9 Å². The summed E-state index contributed by atoms with van der Waals surface area (Å²) < 4.78 is 0. The van der Waals surface area contributed by atoms with Crippen LogP contribution in [-0.2, 0) is 4.79 Å². The second-order valence-electron chi connectivity index (χ2n) is 5.88. The molecule has 1 aromatic carbocycles. The van der Waals surface area contributed by atoms with Crippen LogP contribution < -0.4 is 5.32 Å². The Hall–Kier alpha value is -2.15. The first-order valence-electron chi connectivity index (χ1n) is 6.51. The minimum absolute atomic E-state index is 0.111. The first-order valence-corrected chi connectivity index (χ1v) is 6.89. The number of rotatable bonds is 4. The van der Waals surface area contributed by atoms with Crippen LogP contribution in [0.2, 0.25) is 5.02 Å². The number of benzene rings is 1. The summed E-state index contributed by atoms with van der Waals surface area (Å²) in [6.45, 7) is 5.25. The van der Waals surface area contributed by atoms with Gasteiger partial charge in [-0.05, 0) is 32.9 Å². The topological polar surface area (TPSA) is 92.6 Å². The van der Waals surface area contributed by atoms with Gasteiger partial charge in [0.25, 0.3) is 11.6 Å². The van der Waals surface area contributed by atoms with Gasteiger partial charge in [0.1, 0.15) is 5.56 Å². The van der Waals surface area contributed by atoms with Crippen LogP contribution in [-0.4, -0.2) is 40.8 Å². The van der Waals surface area contributed by atoms with Gasteiger partial charge in [0.2, 0.25) is 5.91 Å². The standard InChI is InChI=1S/C14H18ClN3O4/c1-14(2,3)16-12(19)8-17(4)13(20)10-6-5-9(15)7-11(10)18(21)22/h5-7H,8H2,1-4H3,(H,16,19). The van der Waals surface area contributed by atoms with Gasteiger partial charge >= 0.3 is 0 Å². The highest BCUT2D eigenvalue weighted by Crippen LogP contribution is 2.24. The maximum atomic E-state index is 12.3. The number of nitro groups is 1. The van der Waals surface area contributed by atoms with Gasteiger partial charge in [0.05, 0.1) is 11.5 Å². The third-order valence-corrected chi connectivity index (χ3v) is 2.86. The van der Waals surface area contributed by atoms with Gasteiger partial charge < -0.3 is 10.2 Å². The van der Waals surface area contributed by atoms with E-state index in [-0.39, 0.29) is 28.7 Å². The Balaban J connectivity index is 2.92. The van der Waals surface area contributed by atoms with Crippen LogP contribution in [0.25, 0.3) is 0 Å². The van der Waals surface area contributed by atoms with E-state index in [2.05, 4.69) is 5.32 Å². The fourth-order valence-corrected chi connectivity index (χ4v) is 1.95. The molecule has 0 spiro atoms. The van der Waals surface area contributed by atoms with Gasteiger partial charge in [0, 0.05) is 23.7 Å². The van der Waals surface area contributed by atoms with Crippen molar-refractivity contribution in [2.45, 2.75) is 26.3 Å². The van der Waals surface area contributed by atoms with Gasteiger partial charge in [-0.1, -0.05) is 11.6 Å². The summed E-state index contributed by atoms with van der Waals surface area (Å²) in [5, 5.41) is 13.9.